The van der Waals surface area contributed by atoms with Crippen molar-refractivity contribution < 1.29 is 10.2 Å². The Morgan fingerprint density at radius 2 is 1.93 bits per heavy atom. The Balaban J connectivity index is 3.18. The van der Waals surface area contributed by atoms with Gasteiger partial charge in [0, 0.05) is 12.1 Å². The molecule has 1 rings (SSSR count). The Hall–Kier alpha value is -1.06. The van der Waals surface area contributed by atoms with Crippen molar-refractivity contribution in [3.05, 3.63) is 28.8 Å². The first-order valence-electron chi connectivity index (χ1n) is 5.07. The van der Waals surface area contributed by atoms with E-state index < -0.39 is 6.10 Å². The second-order valence-corrected chi connectivity index (χ2v) is 4.19. The Bertz CT molecular complexity index is 346. The van der Waals surface area contributed by atoms with E-state index in [4.69, 9.17) is 0 Å². The number of phenolic OH excluding ortho intramolecular Hbond substituents is 1. The Labute approximate surface area is 91.0 Å². The first kappa shape index (κ1) is 12.0. The van der Waals surface area contributed by atoms with Crippen LogP contribution in [0.4, 0.5) is 0 Å². The average molecular weight is 209 g/mol. The van der Waals surface area contributed by atoms with Gasteiger partial charge in [-0.25, -0.2) is 0 Å². The van der Waals surface area contributed by atoms with Crippen molar-refractivity contribution in [3.8, 4) is 5.75 Å². The Morgan fingerprint density at radius 3 is 2.40 bits per heavy atom. The van der Waals surface area contributed by atoms with Gasteiger partial charge in [-0.05, 0) is 45.1 Å². The van der Waals surface area contributed by atoms with E-state index in [2.05, 4.69) is 0 Å². The van der Waals surface area contributed by atoms with Crippen LogP contribution in [0.2, 0.25) is 0 Å². The first-order chi connectivity index (χ1) is 6.93. The van der Waals surface area contributed by atoms with Crippen molar-refractivity contribution in [3.63, 3.8) is 0 Å². The van der Waals surface area contributed by atoms with Gasteiger partial charge in [-0.2, -0.15) is 0 Å². The van der Waals surface area contributed by atoms with Crippen LogP contribution in [0.25, 0.3) is 0 Å². The number of aromatic hydroxyl groups is 1. The van der Waals surface area contributed by atoms with Crippen molar-refractivity contribution >= 4 is 0 Å². The van der Waals surface area contributed by atoms with E-state index in [1.165, 1.54) is 0 Å². The zero-order valence-electron chi connectivity index (χ0n) is 9.78. The number of hydrogen-bond donors (Lipinski definition) is 2. The van der Waals surface area contributed by atoms with Gasteiger partial charge in [0.1, 0.15) is 5.75 Å². The van der Waals surface area contributed by atoms with Gasteiger partial charge in [-0.3, -0.25) is 0 Å². The molecule has 1 aromatic rings. The minimum Gasteiger partial charge on any atom is -0.508 e. The lowest BCUT2D eigenvalue weighted by Gasteiger charge is -2.17. The summed E-state index contributed by atoms with van der Waals surface area (Å²) in [5.74, 6) is 0.297. The maximum absolute atomic E-state index is 9.74. The molecule has 0 radical (unpaired) electrons. The predicted molar refractivity (Wildman–Crippen MR) is 60.9 cm³/mol. The van der Waals surface area contributed by atoms with Crippen LogP contribution < -0.4 is 0 Å². The lowest BCUT2D eigenvalue weighted by molar-refractivity contribution is 0.198. The molecule has 0 aliphatic rings. The minimum atomic E-state index is -0.494. The molecule has 0 aromatic heterocycles. The van der Waals surface area contributed by atoms with Crippen LogP contribution in [-0.2, 0) is 6.54 Å². The number of aliphatic hydroxyl groups is 1. The zero-order chi connectivity index (χ0) is 11.6. The third-order valence-corrected chi connectivity index (χ3v) is 2.54. The largest absolute Gasteiger partial charge is 0.508 e. The molecule has 0 aliphatic heterocycles. The molecule has 0 bridgehead atoms. The van der Waals surface area contributed by atoms with Gasteiger partial charge in [0.05, 0.1) is 6.10 Å². The fraction of sp³-hybridized carbons (Fsp3) is 0.500. The summed E-state index contributed by atoms with van der Waals surface area (Å²) in [6.45, 7) is 4.34. The number of rotatable bonds is 3. The van der Waals surface area contributed by atoms with Crippen LogP contribution in [-0.4, -0.2) is 29.2 Å². The van der Waals surface area contributed by atoms with Gasteiger partial charge in [-0.15, -0.1) is 0 Å². The third-order valence-electron chi connectivity index (χ3n) is 2.54. The molecular formula is C12H19NO2. The minimum absolute atomic E-state index is 0.297. The van der Waals surface area contributed by atoms with E-state index in [1.54, 1.807) is 19.1 Å². The maximum atomic E-state index is 9.74. The first-order valence-corrected chi connectivity index (χ1v) is 5.07. The number of nitrogens with zero attached hydrogens (tertiary/aromatic N) is 1. The molecule has 1 unspecified atom stereocenters. The van der Waals surface area contributed by atoms with E-state index in [1.807, 2.05) is 25.9 Å². The summed E-state index contributed by atoms with van der Waals surface area (Å²) in [7, 11) is 3.90. The van der Waals surface area contributed by atoms with Gasteiger partial charge in [-0.1, -0.05) is 6.07 Å². The van der Waals surface area contributed by atoms with Crippen molar-refractivity contribution in [1.29, 1.82) is 0 Å². The van der Waals surface area contributed by atoms with E-state index in [-0.39, 0.29) is 0 Å². The molecule has 0 spiro atoms. The number of aliphatic hydroxyl groups excluding tert-OH is 1. The summed E-state index contributed by atoms with van der Waals surface area (Å²) in [6.07, 6.45) is -0.494. The highest BCUT2D eigenvalue weighted by Crippen LogP contribution is 2.28. The van der Waals surface area contributed by atoms with Gasteiger partial charge in [0.15, 0.2) is 0 Å². The lowest BCUT2D eigenvalue weighted by atomic mass is 9.98. The van der Waals surface area contributed by atoms with E-state index in [0.29, 0.717) is 12.3 Å². The summed E-state index contributed by atoms with van der Waals surface area (Å²) in [5, 5.41) is 19.3. The molecule has 2 N–H and O–H groups in total. The smallest absolute Gasteiger partial charge is 0.120 e. The topological polar surface area (TPSA) is 43.7 Å². The molecule has 0 saturated heterocycles. The van der Waals surface area contributed by atoms with Crippen LogP contribution in [0.5, 0.6) is 5.75 Å². The number of hydrogen-bond acceptors (Lipinski definition) is 3. The molecule has 0 aliphatic carbocycles. The van der Waals surface area contributed by atoms with Crippen LogP contribution in [0.15, 0.2) is 12.1 Å². The number of benzene rings is 1. The van der Waals surface area contributed by atoms with Gasteiger partial charge >= 0.3 is 0 Å². The van der Waals surface area contributed by atoms with Crippen molar-refractivity contribution in [2.75, 3.05) is 14.1 Å². The quantitative estimate of drug-likeness (QED) is 0.798. The standard InChI is InChI=1S/C12H19NO2/c1-8-10(9(2)14)5-6-12(15)11(8)7-13(3)4/h5-6,9,14-15H,7H2,1-4H3. The second-order valence-electron chi connectivity index (χ2n) is 4.19. The van der Waals surface area contributed by atoms with Crippen LogP contribution in [0.3, 0.4) is 0 Å². The van der Waals surface area contributed by atoms with Crippen molar-refractivity contribution in [2.24, 2.45) is 0 Å². The highest BCUT2D eigenvalue weighted by atomic mass is 16.3. The molecule has 3 heteroatoms. The van der Waals surface area contributed by atoms with Crippen LogP contribution >= 0.6 is 0 Å². The van der Waals surface area contributed by atoms with Crippen LogP contribution in [0, 0.1) is 6.92 Å². The van der Waals surface area contributed by atoms with E-state index in [9.17, 15) is 10.2 Å². The third kappa shape index (κ3) is 2.70. The molecule has 1 atom stereocenters. The van der Waals surface area contributed by atoms with Crippen LogP contribution in [0.1, 0.15) is 29.7 Å². The summed E-state index contributed by atoms with van der Waals surface area (Å²) < 4.78 is 0. The van der Waals surface area contributed by atoms with Gasteiger partial charge < -0.3 is 15.1 Å². The molecule has 0 amide bonds. The zero-order valence-corrected chi connectivity index (χ0v) is 9.78. The summed E-state index contributed by atoms with van der Waals surface area (Å²) >= 11 is 0. The summed E-state index contributed by atoms with van der Waals surface area (Å²) in [4.78, 5) is 1.99. The summed E-state index contributed by atoms with van der Waals surface area (Å²) in [6, 6.07) is 3.42. The normalized spacial score (nSPS) is 13.2. The molecular weight excluding hydrogens is 190 g/mol. The molecule has 0 fully saturated rings. The van der Waals surface area contributed by atoms with Crippen molar-refractivity contribution in [2.45, 2.75) is 26.5 Å². The Morgan fingerprint density at radius 1 is 1.33 bits per heavy atom. The highest BCUT2D eigenvalue weighted by Gasteiger charge is 2.12. The van der Waals surface area contributed by atoms with E-state index >= 15 is 0 Å². The molecule has 15 heavy (non-hydrogen) atoms. The second kappa shape index (κ2) is 4.64. The fourth-order valence-corrected chi connectivity index (χ4v) is 1.73. The molecule has 3 nitrogen and oxygen atoms in total. The van der Waals surface area contributed by atoms with Gasteiger partial charge in [0.25, 0.3) is 0 Å². The van der Waals surface area contributed by atoms with Gasteiger partial charge in [0.2, 0.25) is 0 Å². The SMILES string of the molecule is Cc1c(C(C)O)ccc(O)c1CN(C)C. The summed E-state index contributed by atoms with van der Waals surface area (Å²) in [5.41, 5.74) is 2.74. The molecule has 1 aromatic carbocycles. The molecule has 0 heterocycles. The average Bonchev–Trinajstić information content (AvgIpc) is 2.11. The Kier molecular flexibility index (Phi) is 3.72. The molecule has 0 saturated carbocycles. The highest BCUT2D eigenvalue weighted by molar-refractivity contribution is 5.44. The number of phenols is 1. The molecule has 84 valence electrons. The van der Waals surface area contributed by atoms with E-state index in [0.717, 1.165) is 16.7 Å². The van der Waals surface area contributed by atoms with Crippen molar-refractivity contribution in [1.82, 2.24) is 4.90 Å². The monoisotopic (exact) mass is 209 g/mol. The maximum Gasteiger partial charge on any atom is 0.120 e. The lowest BCUT2D eigenvalue weighted by Crippen LogP contribution is -2.13. The fourth-order valence-electron chi connectivity index (χ4n) is 1.73. The predicted octanol–water partition coefficient (Wildman–Crippen LogP) is 1.82.